The Morgan fingerprint density at radius 1 is 1.23 bits per heavy atom. The number of rotatable bonds is 5. The lowest BCUT2D eigenvalue weighted by Gasteiger charge is -2.25. The number of alkyl halides is 3. The first kappa shape index (κ1) is 18.1. The van der Waals surface area contributed by atoms with E-state index in [4.69, 9.17) is 0 Å². The lowest BCUT2D eigenvalue weighted by atomic mass is 10.1. The second kappa shape index (κ2) is 7.33. The van der Waals surface area contributed by atoms with Crippen molar-refractivity contribution < 1.29 is 18.0 Å². The summed E-state index contributed by atoms with van der Waals surface area (Å²) in [5.74, 6) is -0.437. The van der Waals surface area contributed by atoms with Crippen LogP contribution in [0.3, 0.4) is 0 Å². The van der Waals surface area contributed by atoms with Crippen LogP contribution in [-0.4, -0.2) is 19.0 Å². The van der Waals surface area contributed by atoms with Gasteiger partial charge in [0.2, 0.25) is 5.91 Å². The number of amides is 1. The molecule has 0 saturated heterocycles. The van der Waals surface area contributed by atoms with E-state index >= 15 is 0 Å². The van der Waals surface area contributed by atoms with Crippen molar-refractivity contribution in [2.24, 2.45) is 0 Å². The number of anilines is 2. The van der Waals surface area contributed by atoms with Crippen molar-refractivity contribution in [3.8, 4) is 0 Å². The highest BCUT2D eigenvalue weighted by molar-refractivity contribution is 6.02. The van der Waals surface area contributed by atoms with Gasteiger partial charge in [0.1, 0.15) is 0 Å². The molecule has 0 aromatic heterocycles. The summed E-state index contributed by atoms with van der Waals surface area (Å²) in [7, 11) is 0. The van der Waals surface area contributed by atoms with Gasteiger partial charge in [-0.05, 0) is 45.9 Å². The first-order valence-electron chi connectivity index (χ1n) is 7.11. The number of hydrogen-bond acceptors (Lipinski definition) is 2. The Labute approximate surface area is 128 Å². The second-order valence-electron chi connectivity index (χ2n) is 5.11. The van der Waals surface area contributed by atoms with Crippen LogP contribution in [0.15, 0.2) is 29.8 Å². The molecule has 0 aliphatic carbocycles. The summed E-state index contributed by atoms with van der Waals surface area (Å²) in [5.41, 5.74) is 0.735. The van der Waals surface area contributed by atoms with Crippen LogP contribution in [-0.2, 0) is 11.0 Å². The summed E-state index contributed by atoms with van der Waals surface area (Å²) in [5, 5.41) is 2.55. The number of nitrogens with zero attached hydrogens (tertiary/aromatic N) is 1. The van der Waals surface area contributed by atoms with Crippen LogP contribution in [0.25, 0.3) is 0 Å². The van der Waals surface area contributed by atoms with Crippen molar-refractivity contribution in [3.05, 3.63) is 35.4 Å². The van der Waals surface area contributed by atoms with Gasteiger partial charge in [-0.1, -0.05) is 5.57 Å². The maximum atomic E-state index is 12.9. The van der Waals surface area contributed by atoms with E-state index in [0.29, 0.717) is 18.8 Å². The molecule has 0 bridgehead atoms. The van der Waals surface area contributed by atoms with Crippen molar-refractivity contribution >= 4 is 17.3 Å². The van der Waals surface area contributed by atoms with Crippen LogP contribution in [0.1, 0.15) is 33.3 Å². The van der Waals surface area contributed by atoms with Gasteiger partial charge in [-0.3, -0.25) is 4.79 Å². The molecule has 0 radical (unpaired) electrons. The Bertz CT molecular complexity index is 557. The van der Waals surface area contributed by atoms with Crippen molar-refractivity contribution in [1.82, 2.24) is 0 Å². The fourth-order valence-corrected chi connectivity index (χ4v) is 2.08. The van der Waals surface area contributed by atoms with Crippen LogP contribution < -0.4 is 10.2 Å². The van der Waals surface area contributed by atoms with E-state index in [1.165, 1.54) is 12.1 Å². The highest BCUT2D eigenvalue weighted by Crippen LogP contribution is 2.35. The van der Waals surface area contributed by atoms with Gasteiger partial charge in [0.05, 0.1) is 16.9 Å². The molecule has 0 saturated carbocycles. The SMILES string of the molecule is CCN(CC)c1ccc(C(F)(F)F)cc1NC(=O)C=C(C)C. The molecule has 0 aliphatic rings. The molecule has 0 atom stereocenters. The number of nitrogens with one attached hydrogen (secondary N) is 1. The zero-order chi connectivity index (χ0) is 16.9. The first-order valence-corrected chi connectivity index (χ1v) is 7.11. The lowest BCUT2D eigenvalue weighted by Crippen LogP contribution is -2.24. The standard InChI is InChI=1S/C16H21F3N2O/c1-5-21(6-2)14-8-7-12(16(17,18)19)10-13(14)20-15(22)9-11(3)4/h7-10H,5-6H2,1-4H3,(H,20,22). The Morgan fingerprint density at radius 2 is 1.82 bits per heavy atom. The highest BCUT2D eigenvalue weighted by Gasteiger charge is 2.31. The van der Waals surface area contributed by atoms with E-state index in [1.807, 2.05) is 18.7 Å². The number of benzene rings is 1. The molecule has 1 amide bonds. The third-order valence-electron chi connectivity index (χ3n) is 3.11. The van der Waals surface area contributed by atoms with E-state index in [0.717, 1.165) is 17.7 Å². The molecule has 1 aromatic carbocycles. The van der Waals surface area contributed by atoms with E-state index in [9.17, 15) is 18.0 Å². The Hall–Kier alpha value is -1.98. The monoisotopic (exact) mass is 314 g/mol. The summed E-state index contributed by atoms with van der Waals surface area (Å²) in [4.78, 5) is 13.7. The van der Waals surface area contributed by atoms with Crippen LogP contribution >= 0.6 is 0 Å². The molecule has 122 valence electrons. The number of halogens is 3. The third-order valence-corrected chi connectivity index (χ3v) is 3.11. The summed E-state index contributed by atoms with van der Waals surface area (Å²) >= 11 is 0. The zero-order valence-electron chi connectivity index (χ0n) is 13.2. The molecule has 1 rings (SSSR count). The highest BCUT2D eigenvalue weighted by atomic mass is 19.4. The average Bonchev–Trinajstić information content (AvgIpc) is 2.39. The Kier molecular flexibility index (Phi) is 6.02. The molecule has 0 aliphatic heterocycles. The summed E-state index contributed by atoms with van der Waals surface area (Å²) in [6.07, 6.45) is -3.09. The zero-order valence-corrected chi connectivity index (χ0v) is 13.2. The van der Waals surface area contributed by atoms with E-state index in [1.54, 1.807) is 13.8 Å². The second-order valence-corrected chi connectivity index (χ2v) is 5.11. The maximum absolute atomic E-state index is 12.9. The molecular weight excluding hydrogens is 293 g/mol. The smallest absolute Gasteiger partial charge is 0.370 e. The molecule has 0 spiro atoms. The van der Waals surface area contributed by atoms with E-state index in [-0.39, 0.29) is 5.69 Å². The third kappa shape index (κ3) is 4.79. The van der Waals surface area contributed by atoms with Crippen molar-refractivity contribution in [1.29, 1.82) is 0 Å². The van der Waals surface area contributed by atoms with Gasteiger partial charge in [-0.15, -0.1) is 0 Å². The summed E-state index contributed by atoms with van der Waals surface area (Å²) < 4.78 is 38.6. The molecule has 0 fully saturated rings. The van der Waals surface area contributed by atoms with Crippen LogP contribution in [0.5, 0.6) is 0 Å². The van der Waals surface area contributed by atoms with Gasteiger partial charge >= 0.3 is 6.18 Å². The van der Waals surface area contributed by atoms with Gasteiger partial charge in [0.25, 0.3) is 0 Å². The van der Waals surface area contributed by atoms with Crippen molar-refractivity contribution in [2.75, 3.05) is 23.3 Å². The maximum Gasteiger partial charge on any atom is 0.416 e. The molecule has 0 unspecified atom stereocenters. The average molecular weight is 314 g/mol. The lowest BCUT2D eigenvalue weighted by molar-refractivity contribution is -0.137. The van der Waals surface area contributed by atoms with Gasteiger partial charge in [-0.2, -0.15) is 13.2 Å². The molecule has 1 N–H and O–H groups in total. The summed E-state index contributed by atoms with van der Waals surface area (Å²) in [6, 6.07) is 3.41. The van der Waals surface area contributed by atoms with Gasteiger partial charge in [0.15, 0.2) is 0 Å². The number of carbonyl (C=O) groups excluding carboxylic acids is 1. The van der Waals surface area contributed by atoms with Gasteiger partial charge in [-0.25, -0.2) is 0 Å². The number of hydrogen-bond donors (Lipinski definition) is 1. The fraction of sp³-hybridized carbons (Fsp3) is 0.438. The largest absolute Gasteiger partial charge is 0.416 e. The quantitative estimate of drug-likeness (QED) is 0.814. The Balaban J connectivity index is 3.28. The molecule has 3 nitrogen and oxygen atoms in total. The summed E-state index contributed by atoms with van der Waals surface area (Å²) in [6.45, 7) is 8.57. The number of allylic oxidation sites excluding steroid dienone is 1. The fourth-order valence-electron chi connectivity index (χ4n) is 2.08. The van der Waals surface area contributed by atoms with Crippen LogP contribution in [0.2, 0.25) is 0 Å². The topological polar surface area (TPSA) is 32.3 Å². The van der Waals surface area contributed by atoms with E-state index in [2.05, 4.69) is 5.32 Å². The molecular formula is C16H21F3N2O. The molecule has 22 heavy (non-hydrogen) atoms. The van der Waals surface area contributed by atoms with Gasteiger partial charge in [0, 0.05) is 19.2 Å². The number of carbonyl (C=O) groups is 1. The van der Waals surface area contributed by atoms with Crippen molar-refractivity contribution in [2.45, 2.75) is 33.9 Å². The minimum absolute atomic E-state index is 0.168. The predicted molar refractivity (Wildman–Crippen MR) is 83.1 cm³/mol. The molecule has 6 heteroatoms. The Morgan fingerprint density at radius 3 is 2.27 bits per heavy atom. The van der Waals surface area contributed by atoms with Crippen molar-refractivity contribution in [3.63, 3.8) is 0 Å². The van der Waals surface area contributed by atoms with Gasteiger partial charge < -0.3 is 10.2 Å². The normalized spacial score (nSPS) is 11.0. The minimum Gasteiger partial charge on any atom is -0.370 e. The first-order chi connectivity index (χ1) is 10.2. The predicted octanol–water partition coefficient (Wildman–Crippen LogP) is 4.46. The molecule has 0 heterocycles. The van der Waals surface area contributed by atoms with E-state index < -0.39 is 17.6 Å². The molecule has 1 aromatic rings. The van der Waals surface area contributed by atoms with Crippen LogP contribution in [0.4, 0.5) is 24.5 Å². The van der Waals surface area contributed by atoms with Crippen LogP contribution in [0, 0.1) is 0 Å². The minimum atomic E-state index is -4.45.